The van der Waals surface area contributed by atoms with Crippen molar-refractivity contribution in [2.45, 2.75) is 38.8 Å². The predicted molar refractivity (Wildman–Crippen MR) is 109 cm³/mol. The average molecular weight is 404 g/mol. The smallest absolute Gasteiger partial charge is 0.410 e. The molecule has 2 rings (SSSR count). The van der Waals surface area contributed by atoms with Crippen LogP contribution in [0.4, 0.5) is 4.79 Å². The second kappa shape index (κ2) is 11.3. The molecule has 2 aromatic carbocycles. The Bertz CT molecular complexity index is 749. The summed E-state index contributed by atoms with van der Waals surface area (Å²) in [6.45, 7) is 2.65. The summed E-state index contributed by atoms with van der Waals surface area (Å²) < 4.78 is 10.7. The molecule has 0 spiro atoms. The fourth-order valence-corrected chi connectivity index (χ4v) is 2.99. The first-order valence-electron chi connectivity index (χ1n) is 9.31. The van der Waals surface area contributed by atoms with Crippen LogP contribution in [-0.2, 0) is 16.1 Å². The normalized spacial score (nSPS) is 11.5. The summed E-state index contributed by atoms with van der Waals surface area (Å²) in [5.74, 6) is 0.759. The molecule has 0 aromatic heterocycles. The highest BCUT2D eigenvalue weighted by Gasteiger charge is 2.23. The number of amides is 1. The molecule has 1 atom stereocenters. The number of unbranched alkanes of at least 4 members (excludes halogenated alkanes) is 1. The zero-order valence-electron chi connectivity index (χ0n) is 16.3. The van der Waals surface area contributed by atoms with E-state index in [9.17, 15) is 9.59 Å². The number of methoxy groups -OCH3 is 1. The number of hydrogen-bond acceptors (Lipinski definition) is 4. The zero-order chi connectivity index (χ0) is 20.4. The van der Waals surface area contributed by atoms with Gasteiger partial charge in [0.15, 0.2) is 0 Å². The molecule has 150 valence electrons. The van der Waals surface area contributed by atoms with Gasteiger partial charge in [-0.05, 0) is 54.6 Å². The second-order valence-electron chi connectivity index (χ2n) is 6.49. The van der Waals surface area contributed by atoms with Crippen molar-refractivity contribution in [1.29, 1.82) is 0 Å². The van der Waals surface area contributed by atoms with Gasteiger partial charge in [-0.1, -0.05) is 42.5 Å². The van der Waals surface area contributed by atoms with Gasteiger partial charge in [0.25, 0.3) is 0 Å². The maximum Gasteiger partial charge on any atom is 0.410 e. The molecular weight excluding hydrogens is 378 g/mol. The van der Waals surface area contributed by atoms with E-state index in [0.29, 0.717) is 25.8 Å². The Balaban J connectivity index is 2.05. The number of rotatable bonds is 10. The summed E-state index contributed by atoms with van der Waals surface area (Å²) in [7, 11) is 1.61. The summed E-state index contributed by atoms with van der Waals surface area (Å²) >= 11 is 5.40. The van der Waals surface area contributed by atoms with Gasteiger partial charge in [0, 0.05) is 13.0 Å². The Morgan fingerprint density at radius 1 is 1.04 bits per heavy atom. The van der Waals surface area contributed by atoms with Gasteiger partial charge in [-0.15, -0.1) is 0 Å². The summed E-state index contributed by atoms with van der Waals surface area (Å²) in [6.07, 6.45) is 1.20. The monoisotopic (exact) mass is 403 g/mol. The standard InChI is InChI=1S/C22H26ClNO4/c1-17(19-11-13-20(27-2)14-12-19)24(15-7-6-10-21(23)25)22(26)28-16-18-8-4-3-5-9-18/h3-5,8-9,11-14,17H,6-7,10,15-16H2,1-2H3/t17-/m1/s1. The van der Waals surface area contributed by atoms with Gasteiger partial charge in [-0.25, -0.2) is 4.79 Å². The quantitative estimate of drug-likeness (QED) is 0.397. The van der Waals surface area contributed by atoms with Gasteiger partial charge >= 0.3 is 6.09 Å². The van der Waals surface area contributed by atoms with Crippen LogP contribution in [0.3, 0.4) is 0 Å². The fourth-order valence-electron chi connectivity index (χ4n) is 2.85. The Morgan fingerprint density at radius 3 is 2.32 bits per heavy atom. The van der Waals surface area contributed by atoms with Crippen molar-refractivity contribution in [2.24, 2.45) is 0 Å². The van der Waals surface area contributed by atoms with Crippen LogP contribution >= 0.6 is 11.6 Å². The first kappa shape index (κ1) is 21.8. The molecule has 0 aliphatic carbocycles. The third-order valence-electron chi connectivity index (χ3n) is 4.53. The lowest BCUT2D eigenvalue weighted by Gasteiger charge is -2.29. The Kier molecular flexibility index (Phi) is 8.82. The minimum absolute atomic E-state index is 0.180. The molecule has 1 amide bonds. The van der Waals surface area contributed by atoms with E-state index in [1.54, 1.807) is 12.0 Å². The van der Waals surface area contributed by atoms with Crippen LogP contribution in [0, 0.1) is 0 Å². The van der Waals surface area contributed by atoms with Crippen molar-refractivity contribution in [3.63, 3.8) is 0 Å². The van der Waals surface area contributed by atoms with Crippen LogP contribution < -0.4 is 4.74 Å². The maximum absolute atomic E-state index is 12.8. The Morgan fingerprint density at radius 2 is 1.71 bits per heavy atom. The lowest BCUT2D eigenvalue weighted by atomic mass is 10.1. The molecule has 0 aliphatic rings. The molecule has 0 unspecified atom stereocenters. The van der Waals surface area contributed by atoms with Gasteiger partial charge in [-0.2, -0.15) is 0 Å². The van der Waals surface area contributed by atoms with Gasteiger partial charge in [0.05, 0.1) is 13.2 Å². The average Bonchev–Trinajstić information content (AvgIpc) is 2.72. The van der Waals surface area contributed by atoms with E-state index in [2.05, 4.69) is 0 Å². The molecule has 0 aliphatic heterocycles. The number of ether oxygens (including phenoxy) is 2. The van der Waals surface area contributed by atoms with Crippen LogP contribution in [0.1, 0.15) is 43.4 Å². The SMILES string of the molecule is COc1ccc([C@@H](C)N(CCCCC(=O)Cl)C(=O)OCc2ccccc2)cc1. The van der Waals surface area contributed by atoms with E-state index in [0.717, 1.165) is 16.9 Å². The van der Waals surface area contributed by atoms with Crippen molar-refractivity contribution in [1.82, 2.24) is 4.90 Å². The lowest BCUT2D eigenvalue weighted by molar-refractivity contribution is -0.111. The highest BCUT2D eigenvalue weighted by molar-refractivity contribution is 6.63. The molecule has 0 saturated heterocycles. The summed E-state index contributed by atoms with van der Waals surface area (Å²) in [6, 6.07) is 17.0. The van der Waals surface area contributed by atoms with E-state index < -0.39 is 0 Å². The van der Waals surface area contributed by atoms with Crippen LogP contribution in [0.15, 0.2) is 54.6 Å². The van der Waals surface area contributed by atoms with Crippen molar-refractivity contribution in [2.75, 3.05) is 13.7 Å². The molecule has 0 radical (unpaired) electrons. The molecule has 0 saturated carbocycles. The van der Waals surface area contributed by atoms with Crippen LogP contribution in [0.5, 0.6) is 5.75 Å². The highest BCUT2D eigenvalue weighted by atomic mass is 35.5. The molecule has 5 nitrogen and oxygen atoms in total. The second-order valence-corrected chi connectivity index (χ2v) is 6.92. The molecule has 0 fully saturated rings. The summed E-state index contributed by atoms with van der Waals surface area (Å²) in [5, 5.41) is -0.360. The first-order valence-corrected chi connectivity index (χ1v) is 9.68. The molecule has 28 heavy (non-hydrogen) atoms. The molecular formula is C22H26ClNO4. The Hall–Kier alpha value is -2.53. The number of halogens is 1. The first-order chi connectivity index (χ1) is 13.5. The maximum atomic E-state index is 12.8. The minimum Gasteiger partial charge on any atom is -0.497 e. The molecule has 0 heterocycles. The van der Waals surface area contributed by atoms with Crippen LogP contribution in [0.2, 0.25) is 0 Å². The number of nitrogens with zero attached hydrogens (tertiary/aromatic N) is 1. The number of carbonyl (C=O) groups is 2. The molecule has 0 N–H and O–H groups in total. The van der Waals surface area contributed by atoms with Crippen LogP contribution in [-0.4, -0.2) is 29.9 Å². The topological polar surface area (TPSA) is 55.8 Å². The fraction of sp³-hybridized carbons (Fsp3) is 0.364. The minimum atomic E-state index is -0.385. The predicted octanol–water partition coefficient (Wildman–Crippen LogP) is 5.33. The third-order valence-corrected chi connectivity index (χ3v) is 4.72. The zero-order valence-corrected chi connectivity index (χ0v) is 17.0. The van der Waals surface area contributed by atoms with E-state index >= 15 is 0 Å². The summed E-state index contributed by atoms with van der Waals surface area (Å²) in [5.41, 5.74) is 1.91. The van der Waals surface area contributed by atoms with E-state index in [1.165, 1.54) is 0 Å². The number of carbonyl (C=O) groups excluding carboxylic acids is 2. The van der Waals surface area contributed by atoms with Crippen molar-refractivity contribution in [3.05, 3.63) is 65.7 Å². The molecule has 6 heteroatoms. The van der Waals surface area contributed by atoms with E-state index in [1.807, 2.05) is 61.5 Å². The van der Waals surface area contributed by atoms with Gasteiger partial charge in [0.2, 0.25) is 5.24 Å². The largest absolute Gasteiger partial charge is 0.497 e. The number of hydrogen-bond donors (Lipinski definition) is 0. The van der Waals surface area contributed by atoms with Crippen molar-refractivity contribution < 1.29 is 19.1 Å². The molecule has 0 bridgehead atoms. The van der Waals surface area contributed by atoms with Crippen molar-refractivity contribution >= 4 is 22.9 Å². The van der Waals surface area contributed by atoms with Gasteiger partial charge in [-0.3, -0.25) is 4.79 Å². The van der Waals surface area contributed by atoms with Gasteiger partial charge in [0.1, 0.15) is 12.4 Å². The number of benzene rings is 2. The lowest BCUT2D eigenvalue weighted by Crippen LogP contribution is -2.35. The van der Waals surface area contributed by atoms with E-state index in [-0.39, 0.29) is 24.0 Å². The molecule has 2 aromatic rings. The third kappa shape index (κ3) is 6.89. The van der Waals surface area contributed by atoms with Crippen LogP contribution in [0.25, 0.3) is 0 Å². The van der Waals surface area contributed by atoms with Gasteiger partial charge < -0.3 is 14.4 Å². The highest BCUT2D eigenvalue weighted by Crippen LogP contribution is 2.24. The van der Waals surface area contributed by atoms with E-state index in [4.69, 9.17) is 21.1 Å². The Labute approximate surface area is 171 Å². The summed E-state index contributed by atoms with van der Waals surface area (Å²) in [4.78, 5) is 25.4. The van der Waals surface area contributed by atoms with Crippen molar-refractivity contribution in [3.8, 4) is 5.75 Å².